The van der Waals surface area contributed by atoms with E-state index in [0.717, 1.165) is 22.2 Å². The van der Waals surface area contributed by atoms with Crippen LogP contribution < -0.4 is 4.74 Å². The second-order valence-electron chi connectivity index (χ2n) is 4.16. The second kappa shape index (κ2) is 4.48. The molecule has 0 aliphatic carbocycles. The molecule has 1 aromatic heterocycles. The van der Waals surface area contributed by atoms with E-state index < -0.39 is 12.8 Å². The minimum atomic E-state index is -4.32. The third-order valence-corrected chi connectivity index (χ3v) is 2.52. The number of rotatable bonds is 2. The van der Waals surface area contributed by atoms with Crippen LogP contribution in [0.5, 0.6) is 5.75 Å². The van der Waals surface area contributed by atoms with Crippen molar-refractivity contribution in [3.05, 3.63) is 35.5 Å². The molecule has 0 saturated carbocycles. The molecule has 96 valence electrons. The Kier molecular flexibility index (Phi) is 3.15. The number of benzene rings is 1. The van der Waals surface area contributed by atoms with Gasteiger partial charge in [-0.05, 0) is 43.7 Å². The quantitative estimate of drug-likeness (QED) is 0.814. The van der Waals surface area contributed by atoms with Gasteiger partial charge in [-0.25, -0.2) is 0 Å². The summed E-state index contributed by atoms with van der Waals surface area (Å²) in [6.07, 6.45) is -4.32. The molecule has 0 aliphatic rings. The first kappa shape index (κ1) is 12.7. The smallest absolute Gasteiger partial charge is 0.422 e. The van der Waals surface area contributed by atoms with Gasteiger partial charge in [-0.1, -0.05) is 0 Å². The topological polar surface area (TPSA) is 22.1 Å². The molecule has 5 heteroatoms. The predicted octanol–water partition coefficient (Wildman–Crippen LogP) is 3.79. The van der Waals surface area contributed by atoms with Gasteiger partial charge in [0.15, 0.2) is 6.61 Å². The van der Waals surface area contributed by atoms with Crippen molar-refractivity contribution < 1.29 is 17.9 Å². The van der Waals surface area contributed by atoms with Gasteiger partial charge in [-0.2, -0.15) is 13.2 Å². The number of nitrogens with zero attached hydrogens (tertiary/aromatic N) is 1. The molecule has 0 fully saturated rings. The van der Waals surface area contributed by atoms with Gasteiger partial charge < -0.3 is 4.74 Å². The van der Waals surface area contributed by atoms with E-state index in [2.05, 4.69) is 4.98 Å². The Hall–Kier alpha value is -1.78. The summed E-state index contributed by atoms with van der Waals surface area (Å²) in [7, 11) is 0. The number of alkyl halides is 3. The summed E-state index contributed by atoms with van der Waals surface area (Å²) in [6, 6.07) is 6.64. The van der Waals surface area contributed by atoms with Crippen molar-refractivity contribution in [3.63, 3.8) is 0 Å². The number of aryl methyl sites for hydroxylation is 2. The average Bonchev–Trinajstić information content (AvgIpc) is 2.25. The van der Waals surface area contributed by atoms with Gasteiger partial charge in [0.25, 0.3) is 0 Å². The van der Waals surface area contributed by atoms with Gasteiger partial charge in [0.1, 0.15) is 5.75 Å². The molecule has 0 saturated heterocycles. The highest BCUT2D eigenvalue weighted by Gasteiger charge is 2.28. The van der Waals surface area contributed by atoms with Crippen molar-refractivity contribution in [3.8, 4) is 5.75 Å². The molecular formula is C13H12F3NO. The van der Waals surface area contributed by atoms with E-state index in [1.54, 1.807) is 12.1 Å². The van der Waals surface area contributed by atoms with Crippen molar-refractivity contribution >= 4 is 10.9 Å². The van der Waals surface area contributed by atoms with E-state index in [1.807, 2.05) is 19.9 Å². The molecule has 1 aromatic carbocycles. The number of hydrogen-bond donors (Lipinski definition) is 0. The van der Waals surface area contributed by atoms with Gasteiger partial charge in [0, 0.05) is 11.1 Å². The van der Waals surface area contributed by atoms with Gasteiger partial charge in [-0.15, -0.1) is 0 Å². The zero-order valence-electron chi connectivity index (χ0n) is 10.0. The Morgan fingerprint density at radius 2 is 1.89 bits per heavy atom. The normalized spacial score (nSPS) is 11.8. The molecule has 2 rings (SSSR count). The van der Waals surface area contributed by atoms with Crippen LogP contribution in [-0.2, 0) is 0 Å². The lowest BCUT2D eigenvalue weighted by Crippen LogP contribution is -2.19. The van der Waals surface area contributed by atoms with Crippen LogP contribution in [0.2, 0.25) is 0 Å². The van der Waals surface area contributed by atoms with Crippen LogP contribution in [-0.4, -0.2) is 17.8 Å². The van der Waals surface area contributed by atoms with Crippen molar-refractivity contribution in [2.75, 3.05) is 6.61 Å². The maximum absolute atomic E-state index is 12.1. The fourth-order valence-electron chi connectivity index (χ4n) is 1.80. The van der Waals surface area contributed by atoms with Crippen molar-refractivity contribution in [2.24, 2.45) is 0 Å². The SMILES string of the molecule is Cc1cc(C)c2cc(OCC(F)(F)F)ccc2n1. The van der Waals surface area contributed by atoms with Gasteiger partial charge in [-0.3, -0.25) is 4.98 Å². The van der Waals surface area contributed by atoms with E-state index >= 15 is 0 Å². The number of hydrogen-bond acceptors (Lipinski definition) is 2. The molecule has 0 unspecified atom stereocenters. The predicted molar refractivity (Wildman–Crippen MR) is 62.8 cm³/mol. The van der Waals surface area contributed by atoms with Crippen LogP contribution >= 0.6 is 0 Å². The van der Waals surface area contributed by atoms with E-state index in [1.165, 1.54) is 6.07 Å². The molecule has 1 heterocycles. The third kappa shape index (κ3) is 2.91. The molecule has 0 spiro atoms. The molecule has 18 heavy (non-hydrogen) atoms. The number of halogens is 3. The van der Waals surface area contributed by atoms with Crippen LogP contribution in [0, 0.1) is 13.8 Å². The largest absolute Gasteiger partial charge is 0.484 e. The summed E-state index contributed by atoms with van der Waals surface area (Å²) in [6.45, 7) is 2.49. The van der Waals surface area contributed by atoms with Crippen molar-refractivity contribution in [2.45, 2.75) is 20.0 Å². The molecule has 0 aliphatic heterocycles. The average molecular weight is 255 g/mol. The Morgan fingerprint density at radius 1 is 1.17 bits per heavy atom. The fourth-order valence-corrected chi connectivity index (χ4v) is 1.80. The second-order valence-corrected chi connectivity index (χ2v) is 4.16. The number of fused-ring (bicyclic) bond motifs is 1. The van der Waals surface area contributed by atoms with Crippen molar-refractivity contribution in [1.29, 1.82) is 0 Å². The summed E-state index contributed by atoms with van der Waals surface area (Å²) in [4.78, 5) is 4.31. The van der Waals surface area contributed by atoms with Crippen LogP contribution in [0.1, 0.15) is 11.3 Å². The van der Waals surface area contributed by atoms with Crippen LogP contribution in [0.15, 0.2) is 24.3 Å². The van der Waals surface area contributed by atoms with Gasteiger partial charge in [0.05, 0.1) is 5.52 Å². The minimum Gasteiger partial charge on any atom is -0.484 e. The van der Waals surface area contributed by atoms with E-state index in [9.17, 15) is 13.2 Å². The highest BCUT2D eigenvalue weighted by molar-refractivity contribution is 5.83. The Balaban J connectivity index is 2.33. The summed E-state index contributed by atoms with van der Waals surface area (Å²) in [5.74, 6) is 0.202. The monoisotopic (exact) mass is 255 g/mol. The third-order valence-electron chi connectivity index (χ3n) is 2.52. The highest BCUT2D eigenvalue weighted by Crippen LogP contribution is 2.24. The lowest BCUT2D eigenvalue weighted by molar-refractivity contribution is -0.153. The first-order valence-electron chi connectivity index (χ1n) is 5.43. The van der Waals surface area contributed by atoms with Crippen LogP contribution in [0.25, 0.3) is 10.9 Å². The molecule has 0 amide bonds. The minimum absolute atomic E-state index is 0.202. The van der Waals surface area contributed by atoms with E-state index in [0.29, 0.717) is 0 Å². The van der Waals surface area contributed by atoms with Crippen LogP contribution in [0.4, 0.5) is 13.2 Å². The van der Waals surface area contributed by atoms with Crippen molar-refractivity contribution in [1.82, 2.24) is 4.98 Å². The molecular weight excluding hydrogens is 243 g/mol. The Bertz CT molecular complexity index is 578. The summed E-state index contributed by atoms with van der Waals surface area (Å²) >= 11 is 0. The lowest BCUT2D eigenvalue weighted by Gasteiger charge is -2.10. The summed E-state index contributed by atoms with van der Waals surface area (Å²) in [5.41, 5.74) is 2.60. The molecule has 0 atom stereocenters. The van der Waals surface area contributed by atoms with Gasteiger partial charge >= 0.3 is 6.18 Å². The number of aromatic nitrogens is 1. The Morgan fingerprint density at radius 3 is 2.56 bits per heavy atom. The van der Waals surface area contributed by atoms with Crippen LogP contribution in [0.3, 0.4) is 0 Å². The Labute approximate surface area is 102 Å². The maximum Gasteiger partial charge on any atom is 0.422 e. The molecule has 0 N–H and O–H groups in total. The summed E-state index contributed by atoms with van der Waals surface area (Å²) in [5, 5.41) is 0.806. The zero-order chi connectivity index (χ0) is 13.3. The first-order chi connectivity index (χ1) is 8.35. The lowest BCUT2D eigenvalue weighted by atomic mass is 10.1. The molecule has 0 radical (unpaired) electrons. The summed E-state index contributed by atoms with van der Waals surface area (Å²) < 4.78 is 40.9. The standard InChI is InChI=1S/C13H12F3NO/c1-8-5-9(2)17-12-4-3-10(6-11(8)12)18-7-13(14,15)16/h3-6H,7H2,1-2H3. The molecule has 2 aromatic rings. The molecule has 0 bridgehead atoms. The maximum atomic E-state index is 12.1. The fraction of sp³-hybridized carbons (Fsp3) is 0.308. The number of pyridine rings is 1. The first-order valence-corrected chi connectivity index (χ1v) is 5.43. The van der Waals surface area contributed by atoms with E-state index in [4.69, 9.17) is 4.74 Å². The zero-order valence-corrected chi connectivity index (χ0v) is 10.0. The number of ether oxygens (including phenoxy) is 1. The highest BCUT2D eigenvalue weighted by atomic mass is 19.4. The molecule has 2 nitrogen and oxygen atoms in total. The van der Waals surface area contributed by atoms with Gasteiger partial charge in [0.2, 0.25) is 0 Å². The van der Waals surface area contributed by atoms with E-state index in [-0.39, 0.29) is 5.75 Å².